The minimum absolute atomic E-state index is 0.00153. The van der Waals surface area contributed by atoms with Crippen molar-refractivity contribution in [2.24, 2.45) is 0 Å². The maximum absolute atomic E-state index is 8.97. The molecule has 0 aliphatic rings. The fourth-order valence-corrected chi connectivity index (χ4v) is 1.09. The SMILES string of the molecule is CCC(C#N)(OC(C)C)OC(C)C. The molecule has 3 heteroatoms. The first-order valence-electron chi connectivity index (χ1n) is 4.72. The molecule has 0 aromatic heterocycles. The molecular formula is C10H19NO2. The molecule has 0 fully saturated rings. The van der Waals surface area contributed by atoms with Crippen LogP contribution in [0.1, 0.15) is 41.0 Å². The molecule has 0 unspecified atom stereocenters. The van der Waals surface area contributed by atoms with Gasteiger partial charge in [0.05, 0.1) is 12.2 Å². The van der Waals surface area contributed by atoms with Crippen molar-refractivity contribution in [2.45, 2.75) is 59.0 Å². The van der Waals surface area contributed by atoms with E-state index in [9.17, 15) is 0 Å². The quantitative estimate of drug-likeness (QED) is 0.618. The van der Waals surface area contributed by atoms with Gasteiger partial charge >= 0.3 is 0 Å². The predicted octanol–water partition coefficient (Wildman–Crippen LogP) is 2.47. The van der Waals surface area contributed by atoms with E-state index < -0.39 is 5.79 Å². The molecule has 0 saturated carbocycles. The third kappa shape index (κ3) is 4.25. The van der Waals surface area contributed by atoms with E-state index in [1.54, 1.807) is 0 Å². The van der Waals surface area contributed by atoms with Crippen molar-refractivity contribution >= 4 is 0 Å². The average Bonchev–Trinajstić information content (AvgIpc) is 2.01. The van der Waals surface area contributed by atoms with Gasteiger partial charge in [-0.25, -0.2) is 0 Å². The molecule has 0 aliphatic carbocycles. The van der Waals surface area contributed by atoms with Gasteiger partial charge < -0.3 is 9.47 Å². The Morgan fingerprint density at radius 3 is 1.69 bits per heavy atom. The lowest BCUT2D eigenvalue weighted by Gasteiger charge is -2.29. The number of nitrogens with zero attached hydrogens (tertiary/aromatic N) is 1. The Kier molecular flexibility index (Phi) is 4.97. The number of rotatable bonds is 5. The van der Waals surface area contributed by atoms with Crippen molar-refractivity contribution in [3.63, 3.8) is 0 Å². The van der Waals surface area contributed by atoms with Crippen LogP contribution in [0, 0.1) is 11.3 Å². The van der Waals surface area contributed by atoms with Gasteiger partial charge in [-0.15, -0.1) is 0 Å². The molecule has 0 aliphatic heterocycles. The fourth-order valence-electron chi connectivity index (χ4n) is 1.09. The molecule has 0 spiro atoms. The second kappa shape index (κ2) is 5.21. The van der Waals surface area contributed by atoms with Crippen molar-refractivity contribution in [3.05, 3.63) is 0 Å². The van der Waals surface area contributed by atoms with Gasteiger partial charge in [0.15, 0.2) is 0 Å². The lowest BCUT2D eigenvalue weighted by Crippen LogP contribution is -2.38. The summed E-state index contributed by atoms with van der Waals surface area (Å²) in [5, 5.41) is 8.97. The molecule has 3 nitrogen and oxygen atoms in total. The van der Waals surface area contributed by atoms with Crippen LogP contribution in [0.25, 0.3) is 0 Å². The highest BCUT2D eigenvalue weighted by Gasteiger charge is 2.32. The van der Waals surface area contributed by atoms with Gasteiger partial charge in [-0.05, 0) is 27.7 Å². The van der Waals surface area contributed by atoms with E-state index >= 15 is 0 Å². The molecule has 0 N–H and O–H groups in total. The second-order valence-corrected chi connectivity index (χ2v) is 3.55. The third-order valence-corrected chi connectivity index (χ3v) is 1.49. The van der Waals surface area contributed by atoms with Crippen LogP contribution in [0.15, 0.2) is 0 Å². The van der Waals surface area contributed by atoms with Crippen LogP contribution in [0.2, 0.25) is 0 Å². The fraction of sp³-hybridized carbons (Fsp3) is 0.900. The Morgan fingerprint density at radius 2 is 1.54 bits per heavy atom. The Balaban J connectivity index is 4.42. The second-order valence-electron chi connectivity index (χ2n) is 3.55. The Labute approximate surface area is 80.6 Å². The third-order valence-electron chi connectivity index (χ3n) is 1.49. The highest BCUT2D eigenvalue weighted by Crippen LogP contribution is 2.20. The van der Waals surface area contributed by atoms with Crippen molar-refractivity contribution < 1.29 is 9.47 Å². The molecular weight excluding hydrogens is 166 g/mol. The van der Waals surface area contributed by atoms with Crippen molar-refractivity contribution in [1.82, 2.24) is 0 Å². The van der Waals surface area contributed by atoms with Gasteiger partial charge in [0.25, 0.3) is 5.79 Å². The first kappa shape index (κ1) is 12.4. The summed E-state index contributed by atoms with van der Waals surface area (Å²) in [6.07, 6.45) is 0.538. The van der Waals surface area contributed by atoms with Crippen LogP contribution >= 0.6 is 0 Å². The Bertz CT molecular complexity index is 172. The Hall–Kier alpha value is -0.590. The summed E-state index contributed by atoms with van der Waals surface area (Å²) < 4.78 is 10.9. The summed E-state index contributed by atoms with van der Waals surface area (Å²) in [5.74, 6) is -1.07. The molecule has 0 aromatic rings. The highest BCUT2D eigenvalue weighted by molar-refractivity contribution is 4.94. The van der Waals surface area contributed by atoms with Crippen LogP contribution in [-0.4, -0.2) is 18.0 Å². The normalized spacial score (nSPS) is 12.2. The van der Waals surface area contributed by atoms with Crippen LogP contribution in [0.3, 0.4) is 0 Å². The van der Waals surface area contributed by atoms with E-state index in [0.29, 0.717) is 6.42 Å². The predicted molar refractivity (Wildman–Crippen MR) is 51.1 cm³/mol. The molecule has 13 heavy (non-hydrogen) atoms. The van der Waals surface area contributed by atoms with E-state index in [0.717, 1.165) is 0 Å². The van der Waals surface area contributed by atoms with E-state index in [1.165, 1.54) is 0 Å². The van der Waals surface area contributed by atoms with E-state index in [-0.39, 0.29) is 12.2 Å². The minimum atomic E-state index is -1.07. The van der Waals surface area contributed by atoms with Crippen LogP contribution in [0.5, 0.6) is 0 Å². The maximum Gasteiger partial charge on any atom is 0.259 e. The summed E-state index contributed by atoms with van der Waals surface area (Å²) in [6.45, 7) is 9.46. The number of nitriles is 1. The number of hydrogen-bond acceptors (Lipinski definition) is 3. The Morgan fingerprint density at radius 1 is 1.15 bits per heavy atom. The molecule has 0 atom stereocenters. The van der Waals surface area contributed by atoms with E-state index in [4.69, 9.17) is 14.7 Å². The molecule has 0 radical (unpaired) electrons. The lowest BCUT2D eigenvalue weighted by molar-refractivity contribution is -0.234. The largest absolute Gasteiger partial charge is 0.335 e. The van der Waals surface area contributed by atoms with Gasteiger partial charge in [0.2, 0.25) is 0 Å². The first-order valence-corrected chi connectivity index (χ1v) is 4.72. The molecule has 0 aromatic carbocycles. The molecule has 0 rings (SSSR count). The zero-order chi connectivity index (χ0) is 10.5. The van der Waals surface area contributed by atoms with Gasteiger partial charge in [0, 0.05) is 6.42 Å². The van der Waals surface area contributed by atoms with E-state index in [1.807, 2.05) is 34.6 Å². The summed E-state index contributed by atoms with van der Waals surface area (Å²) in [4.78, 5) is 0. The lowest BCUT2D eigenvalue weighted by atomic mass is 10.2. The maximum atomic E-state index is 8.97. The van der Waals surface area contributed by atoms with Crippen LogP contribution in [-0.2, 0) is 9.47 Å². The minimum Gasteiger partial charge on any atom is -0.335 e. The van der Waals surface area contributed by atoms with Crippen molar-refractivity contribution in [3.8, 4) is 6.07 Å². The summed E-state index contributed by atoms with van der Waals surface area (Å²) in [6, 6.07) is 2.08. The van der Waals surface area contributed by atoms with Gasteiger partial charge in [-0.2, -0.15) is 5.26 Å². The molecule has 0 heterocycles. The number of hydrogen-bond donors (Lipinski definition) is 0. The summed E-state index contributed by atoms with van der Waals surface area (Å²) in [7, 11) is 0. The number of ether oxygens (including phenoxy) is 2. The summed E-state index contributed by atoms with van der Waals surface area (Å²) in [5.41, 5.74) is 0. The van der Waals surface area contributed by atoms with Crippen molar-refractivity contribution in [2.75, 3.05) is 0 Å². The molecule has 0 saturated heterocycles. The molecule has 0 amide bonds. The van der Waals surface area contributed by atoms with Crippen LogP contribution in [0.4, 0.5) is 0 Å². The zero-order valence-corrected chi connectivity index (χ0v) is 9.13. The summed E-state index contributed by atoms with van der Waals surface area (Å²) >= 11 is 0. The monoisotopic (exact) mass is 185 g/mol. The molecule has 76 valence electrons. The van der Waals surface area contributed by atoms with Gasteiger partial charge in [0.1, 0.15) is 6.07 Å². The smallest absolute Gasteiger partial charge is 0.259 e. The van der Waals surface area contributed by atoms with E-state index in [2.05, 4.69) is 6.07 Å². The first-order chi connectivity index (χ1) is 5.95. The van der Waals surface area contributed by atoms with Crippen LogP contribution < -0.4 is 0 Å². The zero-order valence-electron chi connectivity index (χ0n) is 9.13. The standard InChI is InChI=1S/C10H19NO2/c1-6-10(7-11,12-8(2)3)13-9(4)5/h8-9H,6H2,1-5H3. The van der Waals surface area contributed by atoms with Gasteiger partial charge in [-0.3, -0.25) is 0 Å². The average molecular weight is 185 g/mol. The highest BCUT2D eigenvalue weighted by atomic mass is 16.7. The van der Waals surface area contributed by atoms with Gasteiger partial charge in [-0.1, -0.05) is 6.92 Å². The molecule has 0 bridgehead atoms. The van der Waals surface area contributed by atoms with Crippen molar-refractivity contribution in [1.29, 1.82) is 5.26 Å². The topological polar surface area (TPSA) is 42.2 Å².